The summed E-state index contributed by atoms with van der Waals surface area (Å²) in [7, 11) is 0. The molecule has 0 aromatic rings. The van der Waals surface area contributed by atoms with Gasteiger partial charge in [-0.05, 0) is 144 Å². The van der Waals surface area contributed by atoms with Gasteiger partial charge in [-0.15, -0.1) is 0 Å². The van der Waals surface area contributed by atoms with Gasteiger partial charge in [0.2, 0.25) is 0 Å². The maximum Gasteiger partial charge on any atom is 0.306 e. The van der Waals surface area contributed by atoms with Crippen LogP contribution in [0.1, 0.15) is 204 Å². The summed E-state index contributed by atoms with van der Waals surface area (Å²) in [6, 6.07) is 0. The zero-order chi connectivity index (χ0) is 35.0. The Labute approximate surface area is 298 Å². The van der Waals surface area contributed by atoms with Gasteiger partial charge in [0.1, 0.15) is 6.10 Å². The molecule has 0 aromatic carbocycles. The van der Waals surface area contributed by atoms with E-state index in [1.807, 2.05) is 11.1 Å². The van der Waals surface area contributed by atoms with Crippen molar-refractivity contribution in [3.05, 3.63) is 34.9 Å². The van der Waals surface area contributed by atoms with Gasteiger partial charge in [0.05, 0.1) is 0 Å². The number of hydrogen-bond donors (Lipinski definition) is 0. The number of carbonyl (C=O) groups is 1. The van der Waals surface area contributed by atoms with Crippen LogP contribution in [0.2, 0.25) is 0 Å². The fourth-order valence-corrected chi connectivity index (χ4v) is 11.9. The monoisotopic (exact) mass is 663 g/mol. The van der Waals surface area contributed by atoms with Gasteiger partial charge in [-0.1, -0.05) is 122 Å². The standard InChI is InChI=1S/C46H78O2/c1-10-11-12-13-14-15-16-17-18-19-20-21-22-26-42(47)48-41-31-32-44(7)38-30-34-45(8)37(36(4)25-23-24-35(2)3)29-33-46(45,9)39(38)27-28-40(44)43(41,5)6/h15-16,24,36-37,40-41H,10-14,17-23,25-34H2,1-9H3/t36-,37-,40?,41?,44-,45+,46+/m1/s1. The molecular weight excluding hydrogens is 585 g/mol. The summed E-state index contributed by atoms with van der Waals surface area (Å²) < 4.78 is 6.37. The quantitative estimate of drug-likeness (QED) is 0.0829. The van der Waals surface area contributed by atoms with Gasteiger partial charge in [0.15, 0.2) is 0 Å². The predicted octanol–water partition coefficient (Wildman–Crippen LogP) is 14.3. The van der Waals surface area contributed by atoms with E-state index >= 15 is 0 Å². The van der Waals surface area contributed by atoms with Crippen LogP contribution < -0.4 is 0 Å². The highest BCUT2D eigenvalue weighted by Crippen LogP contribution is 2.72. The van der Waals surface area contributed by atoms with E-state index in [0.717, 1.165) is 31.1 Å². The average Bonchev–Trinajstić information content (AvgIpc) is 3.31. The van der Waals surface area contributed by atoms with Crippen molar-refractivity contribution in [2.45, 2.75) is 210 Å². The van der Waals surface area contributed by atoms with Crippen LogP contribution in [0.4, 0.5) is 0 Å². The zero-order valence-corrected chi connectivity index (χ0v) is 33.4. The third-order valence-electron chi connectivity index (χ3n) is 15.0. The summed E-state index contributed by atoms with van der Waals surface area (Å²) in [6.07, 6.45) is 34.3. The third-order valence-corrected chi connectivity index (χ3v) is 15.0. The van der Waals surface area contributed by atoms with E-state index in [9.17, 15) is 4.79 Å². The van der Waals surface area contributed by atoms with E-state index in [4.69, 9.17) is 4.74 Å². The van der Waals surface area contributed by atoms with Gasteiger partial charge >= 0.3 is 5.97 Å². The number of ether oxygens (including phenoxy) is 1. The van der Waals surface area contributed by atoms with Crippen LogP contribution in [0.25, 0.3) is 0 Å². The molecule has 2 heteroatoms. The molecule has 0 spiro atoms. The van der Waals surface area contributed by atoms with Crippen LogP contribution in [-0.4, -0.2) is 12.1 Å². The lowest BCUT2D eigenvalue weighted by Crippen LogP contribution is -2.55. The minimum absolute atomic E-state index is 0.0179. The Hall–Kier alpha value is -1.31. The Morgan fingerprint density at radius 2 is 1.46 bits per heavy atom. The largest absolute Gasteiger partial charge is 0.462 e. The molecule has 0 bridgehead atoms. The number of carbonyl (C=O) groups excluding carboxylic acids is 1. The number of fused-ring (bicyclic) bond motifs is 4. The smallest absolute Gasteiger partial charge is 0.306 e. The molecule has 2 fully saturated rings. The van der Waals surface area contributed by atoms with Crippen molar-refractivity contribution in [2.75, 3.05) is 0 Å². The summed E-state index contributed by atoms with van der Waals surface area (Å²) in [5, 5.41) is 0. The van der Waals surface area contributed by atoms with Crippen LogP contribution in [0.3, 0.4) is 0 Å². The highest BCUT2D eigenvalue weighted by atomic mass is 16.5. The van der Waals surface area contributed by atoms with Gasteiger partial charge in [-0.2, -0.15) is 0 Å². The summed E-state index contributed by atoms with van der Waals surface area (Å²) in [5.41, 5.74) is 6.22. The topological polar surface area (TPSA) is 26.3 Å². The zero-order valence-electron chi connectivity index (χ0n) is 33.4. The number of hydrogen-bond acceptors (Lipinski definition) is 2. The van der Waals surface area contributed by atoms with Gasteiger partial charge in [0, 0.05) is 11.8 Å². The van der Waals surface area contributed by atoms with Crippen molar-refractivity contribution in [3.8, 4) is 0 Å². The van der Waals surface area contributed by atoms with Gasteiger partial charge in [-0.3, -0.25) is 4.79 Å². The molecule has 0 aliphatic heterocycles. The molecule has 4 aliphatic rings. The van der Waals surface area contributed by atoms with Crippen molar-refractivity contribution in [3.63, 3.8) is 0 Å². The molecule has 48 heavy (non-hydrogen) atoms. The van der Waals surface area contributed by atoms with E-state index in [-0.39, 0.29) is 22.9 Å². The molecule has 2 saturated carbocycles. The van der Waals surface area contributed by atoms with Crippen LogP contribution in [-0.2, 0) is 9.53 Å². The van der Waals surface area contributed by atoms with Crippen molar-refractivity contribution < 1.29 is 9.53 Å². The fourth-order valence-electron chi connectivity index (χ4n) is 11.9. The average molecular weight is 663 g/mol. The normalized spacial score (nSPS) is 33.2. The van der Waals surface area contributed by atoms with Crippen LogP contribution >= 0.6 is 0 Å². The minimum Gasteiger partial charge on any atom is -0.462 e. The van der Waals surface area contributed by atoms with Crippen LogP contribution in [0.5, 0.6) is 0 Å². The Morgan fingerprint density at radius 1 is 0.792 bits per heavy atom. The fraction of sp³-hybridized carbons (Fsp3) is 0.848. The Balaban J connectivity index is 1.27. The van der Waals surface area contributed by atoms with E-state index in [1.165, 1.54) is 121 Å². The Morgan fingerprint density at radius 3 is 2.15 bits per heavy atom. The molecule has 0 amide bonds. The van der Waals surface area contributed by atoms with Crippen molar-refractivity contribution in [2.24, 2.45) is 39.4 Å². The molecular formula is C46H78O2. The first-order valence-electron chi connectivity index (χ1n) is 21.0. The first-order valence-corrected chi connectivity index (χ1v) is 21.0. The van der Waals surface area contributed by atoms with E-state index in [1.54, 1.807) is 0 Å². The molecule has 0 radical (unpaired) electrons. The molecule has 0 aromatic heterocycles. The first kappa shape index (κ1) is 39.5. The molecule has 274 valence electrons. The summed E-state index contributed by atoms with van der Waals surface area (Å²) in [6.45, 7) is 22.2. The lowest BCUT2D eigenvalue weighted by Gasteiger charge is -2.62. The molecule has 2 nitrogen and oxygen atoms in total. The predicted molar refractivity (Wildman–Crippen MR) is 207 cm³/mol. The molecule has 4 aliphatic carbocycles. The Kier molecular flexibility index (Phi) is 14.2. The number of unbranched alkanes of at least 4 members (excludes halogenated alkanes) is 9. The highest BCUT2D eigenvalue weighted by Gasteiger charge is 2.63. The first-order chi connectivity index (χ1) is 22.8. The Bertz CT molecular complexity index is 1130. The van der Waals surface area contributed by atoms with Gasteiger partial charge < -0.3 is 4.74 Å². The van der Waals surface area contributed by atoms with E-state index < -0.39 is 0 Å². The molecule has 7 atom stereocenters. The maximum atomic E-state index is 13.1. The molecule has 2 unspecified atom stereocenters. The summed E-state index contributed by atoms with van der Waals surface area (Å²) in [4.78, 5) is 13.1. The molecule has 0 heterocycles. The molecule has 0 N–H and O–H groups in total. The number of esters is 1. The van der Waals surface area contributed by atoms with Gasteiger partial charge in [-0.25, -0.2) is 0 Å². The molecule has 4 rings (SSSR count). The minimum atomic E-state index is 0.0179. The second-order valence-electron chi connectivity index (χ2n) is 18.7. The van der Waals surface area contributed by atoms with E-state index in [2.05, 4.69) is 80.5 Å². The summed E-state index contributed by atoms with van der Waals surface area (Å²) >= 11 is 0. The lowest BCUT2D eigenvalue weighted by atomic mass is 9.43. The SMILES string of the molecule is CCCCCCC=CCCCCCCCC(=O)OC1CC[C@]2(C)C3=C(CCC2C1(C)C)[C@]1(C)CC[C@H]([C@H](C)CCC=C(C)C)[C@]1(C)CC3. The number of rotatable bonds is 18. The highest BCUT2D eigenvalue weighted by molar-refractivity contribution is 5.69. The molecule has 0 saturated heterocycles. The van der Waals surface area contributed by atoms with Crippen LogP contribution in [0, 0.1) is 39.4 Å². The van der Waals surface area contributed by atoms with Gasteiger partial charge in [0.25, 0.3) is 0 Å². The second-order valence-corrected chi connectivity index (χ2v) is 18.7. The van der Waals surface area contributed by atoms with Crippen LogP contribution in [0.15, 0.2) is 34.9 Å². The van der Waals surface area contributed by atoms with Crippen molar-refractivity contribution in [1.82, 2.24) is 0 Å². The van der Waals surface area contributed by atoms with Crippen molar-refractivity contribution >= 4 is 5.97 Å². The lowest BCUT2D eigenvalue weighted by molar-refractivity contribution is -0.170. The van der Waals surface area contributed by atoms with E-state index in [0.29, 0.717) is 23.2 Å². The summed E-state index contributed by atoms with van der Waals surface area (Å²) in [5.74, 6) is 2.28. The third kappa shape index (κ3) is 8.58. The maximum absolute atomic E-state index is 13.1. The number of allylic oxidation sites excluding steroid dienone is 6. The van der Waals surface area contributed by atoms with Crippen molar-refractivity contribution in [1.29, 1.82) is 0 Å². The second kappa shape index (κ2) is 17.3.